The van der Waals surface area contributed by atoms with E-state index in [0.29, 0.717) is 37.2 Å². The molecule has 0 radical (unpaired) electrons. The summed E-state index contributed by atoms with van der Waals surface area (Å²) >= 11 is 0. The van der Waals surface area contributed by atoms with Gasteiger partial charge in [0, 0.05) is 11.1 Å². The average Bonchev–Trinajstić information content (AvgIpc) is 2.81. The molecule has 1 aliphatic carbocycles. The molecule has 0 saturated carbocycles. The lowest BCUT2D eigenvalue weighted by Gasteiger charge is -2.18. The lowest BCUT2D eigenvalue weighted by atomic mass is 9.91. The first kappa shape index (κ1) is 28.7. The zero-order chi connectivity index (χ0) is 23.3. The van der Waals surface area contributed by atoms with Crippen molar-refractivity contribution < 1.29 is 19.1 Å². The van der Waals surface area contributed by atoms with Crippen LogP contribution in [0.15, 0.2) is 11.1 Å². The minimum Gasteiger partial charge on any atom is -0.462 e. The first-order valence-corrected chi connectivity index (χ1v) is 13.8. The third-order valence-corrected chi connectivity index (χ3v) is 6.42. The molecule has 0 amide bonds. The molecule has 0 bridgehead atoms. The van der Waals surface area contributed by atoms with Crippen molar-refractivity contribution in [3.8, 4) is 0 Å². The molecule has 186 valence electrons. The molecule has 0 saturated heterocycles. The Morgan fingerprint density at radius 1 is 0.531 bits per heavy atom. The summed E-state index contributed by atoms with van der Waals surface area (Å²) in [5, 5.41) is 0. The quantitative estimate of drug-likeness (QED) is 0.138. The number of carbonyl (C=O) groups excluding carboxylic acids is 2. The van der Waals surface area contributed by atoms with Gasteiger partial charge in [-0.1, -0.05) is 104 Å². The van der Waals surface area contributed by atoms with E-state index in [-0.39, 0.29) is 11.9 Å². The number of ether oxygens (including phenoxy) is 2. The summed E-state index contributed by atoms with van der Waals surface area (Å²) in [5.74, 6) is -0.599. The fourth-order valence-corrected chi connectivity index (χ4v) is 4.33. The molecular weight excluding hydrogens is 400 g/mol. The second-order valence-electron chi connectivity index (χ2n) is 9.39. The van der Waals surface area contributed by atoms with E-state index in [9.17, 15) is 9.59 Å². The Labute approximate surface area is 197 Å². The van der Waals surface area contributed by atoms with Gasteiger partial charge in [0.2, 0.25) is 0 Å². The molecule has 0 fully saturated rings. The van der Waals surface area contributed by atoms with E-state index in [4.69, 9.17) is 9.47 Å². The van der Waals surface area contributed by atoms with Crippen molar-refractivity contribution in [1.29, 1.82) is 0 Å². The van der Waals surface area contributed by atoms with Crippen LogP contribution in [0.2, 0.25) is 0 Å². The Balaban J connectivity index is 2.22. The van der Waals surface area contributed by atoms with Crippen molar-refractivity contribution in [3.63, 3.8) is 0 Å². The predicted octanol–water partition coefficient (Wildman–Crippen LogP) is 8.22. The highest BCUT2D eigenvalue weighted by Gasteiger charge is 2.25. The Morgan fingerprint density at radius 2 is 0.844 bits per heavy atom. The van der Waals surface area contributed by atoms with Gasteiger partial charge in [-0.25, -0.2) is 9.59 Å². The van der Waals surface area contributed by atoms with E-state index in [1.165, 1.54) is 77.0 Å². The Kier molecular flexibility index (Phi) is 18.2. The Bertz CT molecular complexity index is 478. The molecule has 1 rings (SSSR count). The lowest BCUT2D eigenvalue weighted by molar-refractivity contribution is -0.143. The van der Waals surface area contributed by atoms with Gasteiger partial charge >= 0.3 is 11.9 Å². The van der Waals surface area contributed by atoms with Crippen LogP contribution in [-0.4, -0.2) is 25.2 Å². The Morgan fingerprint density at radius 3 is 1.19 bits per heavy atom. The zero-order valence-corrected chi connectivity index (χ0v) is 21.2. The zero-order valence-electron chi connectivity index (χ0n) is 21.2. The van der Waals surface area contributed by atoms with Crippen molar-refractivity contribution in [2.24, 2.45) is 0 Å². The summed E-state index contributed by atoms with van der Waals surface area (Å²) in [6.45, 7) is 5.38. The summed E-state index contributed by atoms with van der Waals surface area (Å²) in [4.78, 5) is 25.1. The minimum atomic E-state index is -0.299. The number of esters is 2. The van der Waals surface area contributed by atoms with Gasteiger partial charge in [-0.15, -0.1) is 0 Å². The van der Waals surface area contributed by atoms with Crippen LogP contribution >= 0.6 is 0 Å². The highest BCUT2D eigenvalue weighted by Crippen LogP contribution is 2.27. The van der Waals surface area contributed by atoms with Gasteiger partial charge in [-0.2, -0.15) is 0 Å². The second kappa shape index (κ2) is 20.3. The second-order valence-corrected chi connectivity index (χ2v) is 9.39. The number of rotatable bonds is 20. The lowest BCUT2D eigenvalue weighted by Crippen LogP contribution is -2.20. The fraction of sp³-hybridized carbons (Fsp3) is 0.857. The molecule has 32 heavy (non-hydrogen) atoms. The molecule has 4 heteroatoms. The van der Waals surface area contributed by atoms with E-state index in [0.717, 1.165) is 38.5 Å². The van der Waals surface area contributed by atoms with Gasteiger partial charge in [0.25, 0.3) is 0 Å². The van der Waals surface area contributed by atoms with Crippen LogP contribution < -0.4 is 0 Å². The smallest absolute Gasteiger partial charge is 0.334 e. The van der Waals surface area contributed by atoms with Crippen molar-refractivity contribution in [1.82, 2.24) is 0 Å². The standard InChI is InChI=1S/C28H50O4/c1-3-5-7-9-11-13-15-19-23-31-27(29)25-21-17-18-22-26(25)28(30)32-24-20-16-14-12-10-8-6-4-2/h3-24H2,1-2H3. The van der Waals surface area contributed by atoms with Crippen LogP contribution in [0.1, 0.15) is 142 Å². The van der Waals surface area contributed by atoms with Crippen LogP contribution in [0.4, 0.5) is 0 Å². The third-order valence-electron chi connectivity index (χ3n) is 6.42. The molecule has 0 aromatic carbocycles. The molecule has 4 nitrogen and oxygen atoms in total. The maximum atomic E-state index is 12.6. The van der Waals surface area contributed by atoms with Gasteiger partial charge in [0.15, 0.2) is 0 Å². The average molecular weight is 451 g/mol. The predicted molar refractivity (Wildman–Crippen MR) is 133 cm³/mol. The van der Waals surface area contributed by atoms with Crippen LogP contribution in [-0.2, 0) is 19.1 Å². The fourth-order valence-electron chi connectivity index (χ4n) is 4.33. The number of hydrogen-bond acceptors (Lipinski definition) is 4. The summed E-state index contributed by atoms with van der Waals surface area (Å²) in [6, 6.07) is 0. The molecular formula is C28H50O4. The monoisotopic (exact) mass is 450 g/mol. The Hall–Kier alpha value is -1.32. The van der Waals surface area contributed by atoms with Crippen LogP contribution in [0.25, 0.3) is 0 Å². The topological polar surface area (TPSA) is 52.6 Å². The number of unbranched alkanes of at least 4 members (excludes halogenated alkanes) is 14. The normalized spacial score (nSPS) is 13.9. The first-order chi connectivity index (χ1) is 15.7. The molecule has 0 atom stereocenters. The number of hydrogen-bond donors (Lipinski definition) is 0. The molecule has 0 unspecified atom stereocenters. The minimum absolute atomic E-state index is 0.299. The number of carbonyl (C=O) groups is 2. The van der Waals surface area contributed by atoms with Crippen LogP contribution in [0, 0.1) is 0 Å². The molecule has 0 aromatic heterocycles. The van der Waals surface area contributed by atoms with Crippen molar-refractivity contribution in [3.05, 3.63) is 11.1 Å². The molecule has 0 aliphatic heterocycles. The summed E-state index contributed by atoms with van der Waals surface area (Å²) < 4.78 is 11.0. The van der Waals surface area contributed by atoms with Gasteiger partial charge in [-0.3, -0.25) is 0 Å². The van der Waals surface area contributed by atoms with Gasteiger partial charge in [0.05, 0.1) is 13.2 Å². The van der Waals surface area contributed by atoms with Gasteiger partial charge in [0.1, 0.15) is 0 Å². The molecule has 0 N–H and O–H groups in total. The molecule has 0 heterocycles. The molecule has 0 spiro atoms. The maximum Gasteiger partial charge on any atom is 0.334 e. The van der Waals surface area contributed by atoms with E-state index in [2.05, 4.69) is 13.8 Å². The van der Waals surface area contributed by atoms with E-state index >= 15 is 0 Å². The maximum absolute atomic E-state index is 12.6. The molecule has 1 aliphatic rings. The summed E-state index contributed by atoms with van der Waals surface area (Å²) in [7, 11) is 0. The highest BCUT2D eigenvalue weighted by molar-refractivity contribution is 6.00. The van der Waals surface area contributed by atoms with Crippen molar-refractivity contribution in [2.75, 3.05) is 13.2 Å². The first-order valence-electron chi connectivity index (χ1n) is 13.8. The van der Waals surface area contributed by atoms with Crippen molar-refractivity contribution in [2.45, 2.75) is 142 Å². The highest BCUT2D eigenvalue weighted by atomic mass is 16.5. The molecule has 0 aromatic rings. The van der Waals surface area contributed by atoms with Gasteiger partial charge in [-0.05, 0) is 38.5 Å². The van der Waals surface area contributed by atoms with E-state index < -0.39 is 0 Å². The summed E-state index contributed by atoms with van der Waals surface area (Å²) in [5.41, 5.74) is 1.13. The van der Waals surface area contributed by atoms with Gasteiger partial charge < -0.3 is 9.47 Å². The third kappa shape index (κ3) is 14.0. The van der Waals surface area contributed by atoms with E-state index in [1.807, 2.05) is 0 Å². The summed E-state index contributed by atoms with van der Waals surface area (Å²) in [6.07, 6.45) is 22.6. The van der Waals surface area contributed by atoms with Crippen LogP contribution in [0.3, 0.4) is 0 Å². The van der Waals surface area contributed by atoms with E-state index in [1.54, 1.807) is 0 Å². The van der Waals surface area contributed by atoms with Crippen molar-refractivity contribution >= 4 is 11.9 Å². The SMILES string of the molecule is CCCCCCCCCCOC(=O)C1=C(C(=O)OCCCCCCCCCC)CCCC1. The van der Waals surface area contributed by atoms with Crippen LogP contribution in [0.5, 0.6) is 0 Å². The largest absolute Gasteiger partial charge is 0.462 e.